The fourth-order valence-electron chi connectivity index (χ4n) is 4.05. The number of nitrogens with zero attached hydrogens (tertiary/aromatic N) is 1. The molecule has 1 amide bonds. The Labute approximate surface area is 138 Å². The fourth-order valence-corrected chi connectivity index (χ4v) is 4.05. The Hall–Kier alpha value is -0.690. The molecule has 132 valence electrons. The second-order valence-corrected chi connectivity index (χ2v) is 6.99. The number of morpholine rings is 1. The van der Waals surface area contributed by atoms with E-state index in [0.29, 0.717) is 13.2 Å². The first-order chi connectivity index (χ1) is 11.3. The molecule has 0 aromatic rings. The number of carbonyl (C=O) groups excluding carboxylic acids is 1. The highest BCUT2D eigenvalue weighted by Gasteiger charge is 2.36. The topological polar surface area (TPSA) is 71.0 Å². The maximum Gasteiger partial charge on any atom is 0.223 e. The quantitative estimate of drug-likeness (QED) is 0.741. The van der Waals surface area contributed by atoms with Crippen molar-refractivity contribution in [2.75, 3.05) is 39.5 Å². The lowest BCUT2D eigenvalue weighted by atomic mass is 9.96. The minimum absolute atomic E-state index is 0.0426. The van der Waals surface area contributed by atoms with Crippen LogP contribution in [0.1, 0.15) is 38.5 Å². The average molecular weight is 326 g/mol. The van der Waals surface area contributed by atoms with Crippen molar-refractivity contribution in [3.63, 3.8) is 0 Å². The van der Waals surface area contributed by atoms with E-state index in [-0.39, 0.29) is 23.9 Å². The summed E-state index contributed by atoms with van der Waals surface area (Å²) in [7, 11) is 0. The van der Waals surface area contributed by atoms with E-state index in [1.807, 2.05) is 0 Å². The summed E-state index contributed by atoms with van der Waals surface area (Å²) < 4.78 is 10.8. The van der Waals surface area contributed by atoms with Crippen LogP contribution in [0, 0.1) is 5.92 Å². The lowest BCUT2D eigenvalue weighted by molar-refractivity contribution is -0.130. The van der Waals surface area contributed by atoms with Crippen LogP contribution in [-0.4, -0.2) is 73.6 Å². The van der Waals surface area contributed by atoms with Crippen LogP contribution in [0.3, 0.4) is 0 Å². The van der Waals surface area contributed by atoms with E-state index in [1.54, 1.807) is 0 Å². The summed E-state index contributed by atoms with van der Waals surface area (Å²) in [4.78, 5) is 14.8. The zero-order chi connectivity index (χ0) is 16.1. The molecule has 2 saturated heterocycles. The number of aliphatic hydroxyl groups is 1. The van der Waals surface area contributed by atoms with E-state index in [4.69, 9.17) is 9.47 Å². The normalized spacial score (nSPS) is 34.7. The number of hydrogen-bond acceptors (Lipinski definition) is 5. The molecular formula is C17H30N2O4. The molecule has 1 saturated carbocycles. The van der Waals surface area contributed by atoms with Gasteiger partial charge in [0.25, 0.3) is 0 Å². The summed E-state index contributed by atoms with van der Waals surface area (Å²) >= 11 is 0. The van der Waals surface area contributed by atoms with Gasteiger partial charge < -0.3 is 19.9 Å². The molecule has 0 spiro atoms. The van der Waals surface area contributed by atoms with Crippen LogP contribution in [0.25, 0.3) is 0 Å². The third-order valence-electron chi connectivity index (χ3n) is 5.51. The second kappa shape index (κ2) is 8.42. The summed E-state index contributed by atoms with van der Waals surface area (Å²) in [5, 5.41) is 14.0. The molecule has 2 N–H and O–H groups in total. The van der Waals surface area contributed by atoms with Crippen molar-refractivity contribution in [2.24, 2.45) is 5.92 Å². The Bertz CT molecular complexity index is 381. The van der Waals surface area contributed by atoms with Crippen LogP contribution in [0.15, 0.2) is 0 Å². The third-order valence-corrected chi connectivity index (χ3v) is 5.51. The summed E-state index contributed by atoms with van der Waals surface area (Å²) in [5.41, 5.74) is 0. The fraction of sp³-hybridized carbons (Fsp3) is 0.941. The SMILES string of the molecule is O=C(N[C@@H]1CCCC[C@@H](N2CCOCC2)[C@@H]1O)C1CCOCC1. The van der Waals surface area contributed by atoms with Gasteiger partial charge in [-0.05, 0) is 25.7 Å². The Kier molecular flexibility index (Phi) is 6.28. The molecule has 0 aromatic carbocycles. The molecule has 0 bridgehead atoms. The Morgan fingerprint density at radius 2 is 1.61 bits per heavy atom. The van der Waals surface area contributed by atoms with E-state index >= 15 is 0 Å². The lowest BCUT2D eigenvalue weighted by Crippen LogP contribution is -2.56. The summed E-state index contributed by atoms with van der Waals surface area (Å²) in [6.45, 7) is 4.57. The minimum Gasteiger partial charge on any atom is -0.389 e. The van der Waals surface area contributed by atoms with Crippen LogP contribution in [0.4, 0.5) is 0 Å². The highest BCUT2D eigenvalue weighted by Crippen LogP contribution is 2.25. The molecule has 6 heteroatoms. The van der Waals surface area contributed by atoms with Crippen LogP contribution < -0.4 is 5.32 Å². The number of aliphatic hydroxyl groups excluding tert-OH is 1. The molecular weight excluding hydrogens is 296 g/mol. The van der Waals surface area contributed by atoms with Gasteiger partial charge >= 0.3 is 0 Å². The zero-order valence-corrected chi connectivity index (χ0v) is 13.9. The van der Waals surface area contributed by atoms with Crippen molar-refractivity contribution in [2.45, 2.75) is 56.7 Å². The van der Waals surface area contributed by atoms with Crippen molar-refractivity contribution in [1.82, 2.24) is 10.2 Å². The average Bonchev–Trinajstić information content (AvgIpc) is 2.78. The molecule has 3 fully saturated rings. The van der Waals surface area contributed by atoms with Gasteiger partial charge in [0.15, 0.2) is 0 Å². The first-order valence-corrected chi connectivity index (χ1v) is 9.13. The third kappa shape index (κ3) is 4.44. The molecule has 1 aliphatic carbocycles. The van der Waals surface area contributed by atoms with Gasteiger partial charge in [0, 0.05) is 38.3 Å². The molecule has 2 heterocycles. The van der Waals surface area contributed by atoms with Gasteiger partial charge in [0.05, 0.1) is 25.4 Å². The van der Waals surface area contributed by atoms with Gasteiger partial charge in [-0.2, -0.15) is 0 Å². The van der Waals surface area contributed by atoms with Gasteiger partial charge in [-0.25, -0.2) is 0 Å². The van der Waals surface area contributed by atoms with Crippen molar-refractivity contribution in [3.05, 3.63) is 0 Å². The maximum atomic E-state index is 12.5. The number of amides is 1. The van der Waals surface area contributed by atoms with Crippen LogP contribution in [0.2, 0.25) is 0 Å². The first kappa shape index (κ1) is 17.1. The molecule has 0 radical (unpaired) electrons. The molecule has 6 nitrogen and oxygen atoms in total. The Morgan fingerprint density at radius 1 is 0.957 bits per heavy atom. The summed E-state index contributed by atoms with van der Waals surface area (Å²) in [6.07, 6.45) is 5.16. The predicted octanol–water partition coefficient (Wildman–Crippen LogP) is 0.534. The van der Waals surface area contributed by atoms with Crippen LogP contribution in [0.5, 0.6) is 0 Å². The first-order valence-electron chi connectivity index (χ1n) is 9.13. The van der Waals surface area contributed by atoms with Gasteiger partial charge in [-0.15, -0.1) is 0 Å². The van der Waals surface area contributed by atoms with E-state index in [9.17, 15) is 9.90 Å². The molecule has 0 aromatic heterocycles. The van der Waals surface area contributed by atoms with E-state index in [2.05, 4.69) is 10.2 Å². The molecule has 3 aliphatic rings. The summed E-state index contributed by atoms with van der Waals surface area (Å²) in [5.74, 6) is 0.140. The predicted molar refractivity (Wildman–Crippen MR) is 86.1 cm³/mol. The highest BCUT2D eigenvalue weighted by molar-refractivity contribution is 5.79. The van der Waals surface area contributed by atoms with E-state index in [1.165, 1.54) is 0 Å². The minimum atomic E-state index is -0.487. The van der Waals surface area contributed by atoms with Crippen molar-refractivity contribution in [1.29, 1.82) is 0 Å². The summed E-state index contributed by atoms with van der Waals surface area (Å²) in [6, 6.07) is 0.0158. The standard InChI is InChI=1S/C17H30N2O4/c20-16-14(18-17(21)13-5-9-22-10-6-13)3-1-2-4-15(16)19-7-11-23-12-8-19/h13-16,20H,1-12H2,(H,18,21)/t14-,15-,16-/m1/s1. The largest absolute Gasteiger partial charge is 0.389 e. The van der Waals surface area contributed by atoms with Crippen LogP contribution >= 0.6 is 0 Å². The molecule has 2 aliphatic heterocycles. The number of rotatable bonds is 3. The molecule has 3 rings (SSSR count). The van der Waals surface area contributed by atoms with Gasteiger partial charge in [0.1, 0.15) is 0 Å². The number of hydrogen-bond donors (Lipinski definition) is 2. The Morgan fingerprint density at radius 3 is 2.35 bits per heavy atom. The molecule has 23 heavy (non-hydrogen) atoms. The maximum absolute atomic E-state index is 12.5. The highest BCUT2D eigenvalue weighted by atomic mass is 16.5. The van der Waals surface area contributed by atoms with Gasteiger partial charge in [0.2, 0.25) is 5.91 Å². The van der Waals surface area contributed by atoms with Crippen molar-refractivity contribution < 1.29 is 19.4 Å². The number of carbonyl (C=O) groups is 1. The Balaban J connectivity index is 1.59. The van der Waals surface area contributed by atoms with Crippen molar-refractivity contribution >= 4 is 5.91 Å². The molecule has 3 atom stereocenters. The lowest BCUT2D eigenvalue weighted by Gasteiger charge is -2.39. The van der Waals surface area contributed by atoms with Crippen molar-refractivity contribution in [3.8, 4) is 0 Å². The zero-order valence-electron chi connectivity index (χ0n) is 13.9. The van der Waals surface area contributed by atoms with Gasteiger partial charge in [-0.1, -0.05) is 12.8 Å². The molecule has 0 unspecified atom stereocenters. The smallest absolute Gasteiger partial charge is 0.223 e. The number of ether oxygens (including phenoxy) is 2. The monoisotopic (exact) mass is 326 g/mol. The van der Waals surface area contributed by atoms with Crippen LogP contribution in [-0.2, 0) is 14.3 Å². The van der Waals surface area contributed by atoms with E-state index in [0.717, 1.165) is 64.8 Å². The second-order valence-electron chi connectivity index (χ2n) is 6.99. The van der Waals surface area contributed by atoms with Gasteiger partial charge in [-0.3, -0.25) is 9.69 Å². The number of nitrogens with one attached hydrogen (secondary N) is 1. The van der Waals surface area contributed by atoms with E-state index < -0.39 is 6.10 Å².